The van der Waals surface area contributed by atoms with Crippen molar-refractivity contribution < 1.29 is 5.11 Å². The molecule has 96 valence electrons. The number of hydrogen-bond acceptors (Lipinski definition) is 4. The van der Waals surface area contributed by atoms with Crippen LogP contribution in [0.3, 0.4) is 0 Å². The summed E-state index contributed by atoms with van der Waals surface area (Å²) in [7, 11) is 0. The Labute approximate surface area is 102 Å². The minimum Gasteiger partial charge on any atom is -0.391 e. The van der Waals surface area contributed by atoms with Gasteiger partial charge in [-0.2, -0.15) is 5.10 Å². The van der Waals surface area contributed by atoms with E-state index in [-0.39, 0.29) is 6.10 Å². The van der Waals surface area contributed by atoms with Crippen molar-refractivity contribution in [1.82, 2.24) is 20.4 Å². The third-order valence-corrected chi connectivity index (χ3v) is 3.18. The normalized spacial score (nSPS) is 24.4. The molecule has 1 fully saturated rings. The Morgan fingerprint density at radius 3 is 3.18 bits per heavy atom. The molecule has 0 aliphatic carbocycles. The van der Waals surface area contributed by atoms with Gasteiger partial charge in [-0.1, -0.05) is 6.92 Å². The van der Waals surface area contributed by atoms with Gasteiger partial charge in [0.25, 0.3) is 0 Å². The van der Waals surface area contributed by atoms with E-state index in [0.717, 1.165) is 39.1 Å². The summed E-state index contributed by atoms with van der Waals surface area (Å²) in [4.78, 5) is 0. The summed E-state index contributed by atoms with van der Waals surface area (Å²) in [6.45, 7) is 6.43. The smallest absolute Gasteiger partial charge is 0.0716 e. The first kappa shape index (κ1) is 12.5. The van der Waals surface area contributed by atoms with E-state index in [1.807, 2.05) is 10.9 Å². The van der Waals surface area contributed by atoms with Gasteiger partial charge in [-0.15, -0.1) is 0 Å². The minimum absolute atomic E-state index is 0.203. The molecule has 2 atom stereocenters. The molecule has 1 aromatic heterocycles. The molecule has 0 radical (unpaired) electrons. The van der Waals surface area contributed by atoms with Crippen LogP contribution in [0.15, 0.2) is 12.4 Å². The maximum atomic E-state index is 9.64. The molecule has 3 N–H and O–H groups in total. The molecule has 1 aliphatic rings. The summed E-state index contributed by atoms with van der Waals surface area (Å²) in [5.41, 5.74) is 1.21. The Hall–Kier alpha value is -0.910. The van der Waals surface area contributed by atoms with Crippen LogP contribution in [0, 0.1) is 5.92 Å². The number of rotatable bonds is 6. The first-order valence-electron chi connectivity index (χ1n) is 6.40. The zero-order valence-corrected chi connectivity index (χ0v) is 10.4. The minimum atomic E-state index is -0.203. The SMILES string of the molecule is CCCn1cc(CNCC2CNCC2O)cn1. The van der Waals surface area contributed by atoms with Crippen LogP contribution in [0.5, 0.6) is 0 Å². The van der Waals surface area contributed by atoms with Crippen LogP contribution in [0.4, 0.5) is 0 Å². The lowest BCUT2D eigenvalue weighted by molar-refractivity contribution is 0.146. The van der Waals surface area contributed by atoms with Crippen LogP contribution in [0.2, 0.25) is 0 Å². The summed E-state index contributed by atoms with van der Waals surface area (Å²) in [6.07, 6.45) is 4.89. The monoisotopic (exact) mass is 238 g/mol. The average molecular weight is 238 g/mol. The molecule has 0 bridgehead atoms. The Kier molecular flexibility index (Phi) is 4.53. The number of β-amino-alcohol motifs (C(OH)–C–C–N with tert-alkyl or cyclic N) is 1. The van der Waals surface area contributed by atoms with Crippen LogP contribution in [-0.2, 0) is 13.1 Å². The van der Waals surface area contributed by atoms with E-state index < -0.39 is 0 Å². The number of nitrogens with zero attached hydrogens (tertiary/aromatic N) is 2. The van der Waals surface area contributed by atoms with Crippen LogP contribution in [0.25, 0.3) is 0 Å². The van der Waals surface area contributed by atoms with Crippen molar-refractivity contribution in [1.29, 1.82) is 0 Å². The maximum Gasteiger partial charge on any atom is 0.0716 e. The number of aliphatic hydroxyl groups is 1. The Balaban J connectivity index is 1.70. The summed E-state index contributed by atoms with van der Waals surface area (Å²) in [5, 5.41) is 20.5. The molecule has 1 aromatic rings. The van der Waals surface area contributed by atoms with Gasteiger partial charge in [-0.3, -0.25) is 4.68 Å². The van der Waals surface area contributed by atoms with Gasteiger partial charge in [0.05, 0.1) is 12.3 Å². The van der Waals surface area contributed by atoms with E-state index in [2.05, 4.69) is 28.9 Å². The Morgan fingerprint density at radius 1 is 1.59 bits per heavy atom. The van der Waals surface area contributed by atoms with Crippen LogP contribution < -0.4 is 10.6 Å². The fourth-order valence-electron chi connectivity index (χ4n) is 2.18. The lowest BCUT2D eigenvalue weighted by Gasteiger charge is -2.13. The fraction of sp³-hybridized carbons (Fsp3) is 0.750. The summed E-state index contributed by atoms with van der Waals surface area (Å²) in [6, 6.07) is 0. The number of hydrogen-bond donors (Lipinski definition) is 3. The quantitative estimate of drug-likeness (QED) is 0.651. The number of aryl methyl sites for hydroxylation is 1. The molecule has 0 amide bonds. The molecule has 0 aromatic carbocycles. The van der Waals surface area contributed by atoms with Crippen molar-refractivity contribution in [3.05, 3.63) is 18.0 Å². The number of aliphatic hydroxyl groups excluding tert-OH is 1. The van der Waals surface area contributed by atoms with Crippen molar-refractivity contribution in [2.24, 2.45) is 5.92 Å². The van der Waals surface area contributed by atoms with Crippen LogP contribution in [0.1, 0.15) is 18.9 Å². The zero-order chi connectivity index (χ0) is 12.1. The zero-order valence-electron chi connectivity index (χ0n) is 10.4. The summed E-state index contributed by atoms with van der Waals surface area (Å²) in [5.74, 6) is 0.334. The van der Waals surface area contributed by atoms with Gasteiger partial charge in [-0.05, 0) is 6.42 Å². The van der Waals surface area contributed by atoms with Gasteiger partial charge in [0.1, 0.15) is 0 Å². The molecular weight excluding hydrogens is 216 g/mol. The first-order chi connectivity index (χ1) is 8.29. The highest BCUT2D eigenvalue weighted by molar-refractivity contribution is 5.03. The van der Waals surface area contributed by atoms with Crippen LogP contribution >= 0.6 is 0 Å². The molecule has 1 saturated heterocycles. The van der Waals surface area contributed by atoms with Gasteiger partial charge in [0.2, 0.25) is 0 Å². The number of aromatic nitrogens is 2. The van der Waals surface area contributed by atoms with Crippen LogP contribution in [-0.4, -0.2) is 40.6 Å². The number of nitrogens with one attached hydrogen (secondary N) is 2. The van der Waals surface area contributed by atoms with E-state index in [9.17, 15) is 5.11 Å². The van der Waals surface area contributed by atoms with E-state index in [0.29, 0.717) is 5.92 Å². The lowest BCUT2D eigenvalue weighted by Crippen LogP contribution is -2.30. The summed E-state index contributed by atoms with van der Waals surface area (Å²) < 4.78 is 1.98. The molecule has 5 nitrogen and oxygen atoms in total. The van der Waals surface area contributed by atoms with Crippen molar-refractivity contribution in [3.8, 4) is 0 Å². The fourth-order valence-corrected chi connectivity index (χ4v) is 2.18. The Bertz CT molecular complexity index is 339. The van der Waals surface area contributed by atoms with E-state index in [1.54, 1.807) is 0 Å². The van der Waals surface area contributed by atoms with Crippen molar-refractivity contribution in [2.75, 3.05) is 19.6 Å². The Morgan fingerprint density at radius 2 is 2.47 bits per heavy atom. The van der Waals surface area contributed by atoms with Crippen molar-refractivity contribution >= 4 is 0 Å². The highest BCUT2D eigenvalue weighted by Gasteiger charge is 2.23. The predicted octanol–water partition coefficient (Wildman–Crippen LogP) is -0.0370. The molecule has 0 spiro atoms. The highest BCUT2D eigenvalue weighted by Crippen LogP contribution is 2.07. The van der Waals surface area contributed by atoms with E-state index in [4.69, 9.17) is 0 Å². The molecule has 17 heavy (non-hydrogen) atoms. The largest absolute Gasteiger partial charge is 0.391 e. The van der Waals surface area contributed by atoms with Crippen molar-refractivity contribution in [2.45, 2.75) is 32.5 Å². The standard InChI is InChI=1S/C12H22N4O/c1-2-3-16-9-10(5-15-16)4-13-6-11-7-14-8-12(11)17/h5,9,11-14,17H,2-4,6-8H2,1H3. The third kappa shape index (κ3) is 3.52. The first-order valence-corrected chi connectivity index (χ1v) is 6.40. The third-order valence-electron chi connectivity index (χ3n) is 3.18. The van der Waals surface area contributed by atoms with Gasteiger partial charge < -0.3 is 15.7 Å². The molecule has 2 unspecified atom stereocenters. The van der Waals surface area contributed by atoms with Gasteiger partial charge in [0, 0.05) is 50.4 Å². The second-order valence-corrected chi connectivity index (χ2v) is 4.73. The van der Waals surface area contributed by atoms with Gasteiger partial charge >= 0.3 is 0 Å². The average Bonchev–Trinajstić information content (AvgIpc) is 2.90. The maximum absolute atomic E-state index is 9.64. The van der Waals surface area contributed by atoms with Gasteiger partial charge in [-0.25, -0.2) is 0 Å². The molecule has 2 rings (SSSR count). The lowest BCUT2D eigenvalue weighted by atomic mass is 10.1. The van der Waals surface area contributed by atoms with E-state index >= 15 is 0 Å². The van der Waals surface area contributed by atoms with Gasteiger partial charge in [0.15, 0.2) is 0 Å². The second kappa shape index (κ2) is 6.14. The molecule has 2 heterocycles. The van der Waals surface area contributed by atoms with E-state index in [1.165, 1.54) is 5.56 Å². The second-order valence-electron chi connectivity index (χ2n) is 4.73. The summed E-state index contributed by atoms with van der Waals surface area (Å²) >= 11 is 0. The highest BCUT2D eigenvalue weighted by atomic mass is 16.3. The predicted molar refractivity (Wildman–Crippen MR) is 66.6 cm³/mol. The van der Waals surface area contributed by atoms with Crippen molar-refractivity contribution in [3.63, 3.8) is 0 Å². The molecule has 1 aliphatic heterocycles. The molecule has 5 heteroatoms. The molecular formula is C12H22N4O. The molecule has 0 saturated carbocycles. The topological polar surface area (TPSA) is 62.1 Å².